The van der Waals surface area contributed by atoms with Gasteiger partial charge in [0.15, 0.2) is 0 Å². The maximum atomic E-state index is 6.01. The Bertz CT molecular complexity index is 661. The third-order valence-electron chi connectivity index (χ3n) is 3.45. The maximum absolute atomic E-state index is 6.01. The fourth-order valence-corrected chi connectivity index (χ4v) is 2.79. The van der Waals surface area contributed by atoms with Crippen LogP contribution in [0, 0.1) is 0 Å². The van der Waals surface area contributed by atoms with Crippen molar-refractivity contribution in [2.75, 3.05) is 19.0 Å². The fourth-order valence-electron chi connectivity index (χ4n) is 2.40. The zero-order valence-electron chi connectivity index (χ0n) is 11.5. The molecule has 1 heterocycles. The van der Waals surface area contributed by atoms with E-state index in [1.165, 1.54) is 0 Å². The summed E-state index contributed by atoms with van der Waals surface area (Å²) in [5, 5.41) is 4.68. The van der Waals surface area contributed by atoms with Gasteiger partial charge in [-0.25, -0.2) is 0 Å². The molecule has 0 amide bonds. The van der Waals surface area contributed by atoms with E-state index in [1.807, 2.05) is 36.4 Å². The van der Waals surface area contributed by atoms with Crippen molar-refractivity contribution in [2.45, 2.75) is 12.5 Å². The third-order valence-corrected chi connectivity index (χ3v) is 4.00. The molecule has 2 aromatic carbocycles. The monoisotopic (exact) mass is 323 g/mol. The van der Waals surface area contributed by atoms with Gasteiger partial charge in [0.05, 0.1) is 18.7 Å². The molecule has 3 rings (SSSR count). The Balaban J connectivity index is 1.62. The maximum Gasteiger partial charge on any atom is 0.139 e. The van der Waals surface area contributed by atoms with Crippen molar-refractivity contribution in [3.63, 3.8) is 0 Å². The van der Waals surface area contributed by atoms with Gasteiger partial charge < -0.3 is 14.8 Å². The normalized spacial score (nSPS) is 16.2. The Morgan fingerprint density at radius 1 is 1.24 bits per heavy atom. The summed E-state index contributed by atoms with van der Waals surface area (Å²) in [6, 6.07) is 11.3. The zero-order chi connectivity index (χ0) is 14.8. The first-order chi connectivity index (χ1) is 10.2. The Labute approximate surface area is 133 Å². The van der Waals surface area contributed by atoms with Gasteiger partial charge in [0.1, 0.15) is 17.6 Å². The molecule has 0 aromatic heterocycles. The number of anilines is 1. The summed E-state index contributed by atoms with van der Waals surface area (Å²) in [7, 11) is 1.60. The van der Waals surface area contributed by atoms with E-state index >= 15 is 0 Å². The second-order valence-corrected chi connectivity index (χ2v) is 5.77. The van der Waals surface area contributed by atoms with Gasteiger partial charge in [0, 0.05) is 23.2 Å². The molecule has 5 heteroatoms. The average molecular weight is 324 g/mol. The average Bonchev–Trinajstić information content (AvgIpc) is 2.88. The van der Waals surface area contributed by atoms with Crippen molar-refractivity contribution < 1.29 is 9.47 Å². The van der Waals surface area contributed by atoms with Crippen LogP contribution in [0.15, 0.2) is 36.4 Å². The molecule has 1 unspecified atom stereocenters. The molecule has 0 spiro atoms. The van der Waals surface area contributed by atoms with Crippen LogP contribution in [0.5, 0.6) is 11.5 Å². The molecule has 1 aliphatic rings. The summed E-state index contributed by atoms with van der Waals surface area (Å²) >= 11 is 12.0. The van der Waals surface area contributed by atoms with Crippen LogP contribution >= 0.6 is 23.2 Å². The summed E-state index contributed by atoms with van der Waals surface area (Å²) in [5.74, 6) is 1.57. The van der Waals surface area contributed by atoms with Crippen molar-refractivity contribution in [3.8, 4) is 11.5 Å². The van der Waals surface area contributed by atoms with Crippen LogP contribution in [0.3, 0.4) is 0 Å². The van der Waals surface area contributed by atoms with E-state index in [4.69, 9.17) is 32.7 Å². The van der Waals surface area contributed by atoms with Gasteiger partial charge >= 0.3 is 0 Å². The molecule has 0 saturated heterocycles. The Hall–Kier alpha value is -1.58. The summed E-state index contributed by atoms with van der Waals surface area (Å²) in [4.78, 5) is 0. The van der Waals surface area contributed by atoms with Gasteiger partial charge in [-0.3, -0.25) is 0 Å². The van der Waals surface area contributed by atoms with Gasteiger partial charge in [-0.05, 0) is 35.9 Å². The SMILES string of the molecule is COc1cc(NCC2Cc3cc(Cl)ccc3O2)ccc1Cl. The molecule has 1 N–H and O–H groups in total. The van der Waals surface area contributed by atoms with Crippen LogP contribution in [0.2, 0.25) is 10.0 Å². The number of halogens is 2. The second-order valence-electron chi connectivity index (χ2n) is 4.93. The fraction of sp³-hybridized carbons (Fsp3) is 0.250. The van der Waals surface area contributed by atoms with Gasteiger partial charge in [-0.1, -0.05) is 23.2 Å². The predicted molar refractivity (Wildman–Crippen MR) is 86.1 cm³/mol. The van der Waals surface area contributed by atoms with E-state index in [1.54, 1.807) is 7.11 Å². The molecule has 0 aliphatic carbocycles. The Morgan fingerprint density at radius 3 is 2.90 bits per heavy atom. The van der Waals surface area contributed by atoms with Crippen molar-refractivity contribution in [3.05, 3.63) is 52.0 Å². The molecule has 3 nitrogen and oxygen atoms in total. The minimum absolute atomic E-state index is 0.0974. The molecule has 1 aliphatic heterocycles. The summed E-state index contributed by atoms with van der Waals surface area (Å²) in [6.07, 6.45) is 0.952. The quantitative estimate of drug-likeness (QED) is 0.903. The van der Waals surface area contributed by atoms with Gasteiger partial charge in [0.2, 0.25) is 0 Å². The number of rotatable bonds is 4. The Kier molecular flexibility index (Phi) is 4.13. The van der Waals surface area contributed by atoms with Crippen molar-refractivity contribution >= 4 is 28.9 Å². The van der Waals surface area contributed by atoms with Gasteiger partial charge in [-0.15, -0.1) is 0 Å². The highest BCUT2D eigenvalue weighted by Crippen LogP contribution is 2.32. The van der Waals surface area contributed by atoms with E-state index in [-0.39, 0.29) is 6.10 Å². The summed E-state index contributed by atoms with van der Waals surface area (Å²) < 4.78 is 11.1. The molecule has 0 saturated carbocycles. The number of fused-ring (bicyclic) bond motifs is 1. The molecular weight excluding hydrogens is 309 g/mol. The highest BCUT2D eigenvalue weighted by molar-refractivity contribution is 6.32. The number of ether oxygens (including phenoxy) is 2. The highest BCUT2D eigenvalue weighted by atomic mass is 35.5. The lowest BCUT2D eigenvalue weighted by molar-refractivity contribution is 0.246. The van der Waals surface area contributed by atoms with Crippen LogP contribution < -0.4 is 14.8 Å². The lowest BCUT2D eigenvalue weighted by Crippen LogP contribution is -2.23. The Morgan fingerprint density at radius 2 is 2.10 bits per heavy atom. The molecule has 0 fully saturated rings. The van der Waals surface area contributed by atoms with E-state index in [0.717, 1.165) is 28.4 Å². The molecular formula is C16H15Cl2NO2. The number of nitrogens with one attached hydrogen (secondary N) is 1. The molecule has 110 valence electrons. The lowest BCUT2D eigenvalue weighted by atomic mass is 10.1. The summed E-state index contributed by atoms with van der Waals surface area (Å²) in [6.45, 7) is 0.705. The minimum Gasteiger partial charge on any atom is -0.495 e. The van der Waals surface area contributed by atoms with Crippen molar-refractivity contribution in [2.24, 2.45) is 0 Å². The topological polar surface area (TPSA) is 30.5 Å². The van der Waals surface area contributed by atoms with Crippen LogP contribution in [-0.2, 0) is 6.42 Å². The number of hydrogen-bond acceptors (Lipinski definition) is 3. The standard InChI is InChI=1S/C16H15Cl2NO2/c1-20-16-8-12(3-4-14(16)18)19-9-13-7-10-6-11(17)2-5-15(10)21-13/h2-6,8,13,19H,7,9H2,1H3. The smallest absolute Gasteiger partial charge is 0.139 e. The van der Waals surface area contributed by atoms with Crippen LogP contribution in [0.4, 0.5) is 5.69 Å². The van der Waals surface area contributed by atoms with E-state index in [2.05, 4.69) is 5.32 Å². The van der Waals surface area contributed by atoms with E-state index in [9.17, 15) is 0 Å². The first kappa shape index (κ1) is 14.4. The molecule has 21 heavy (non-hydrogen) atoms. The minimum atomic E-state index is 0.0974. The van der Waals surface area contributed by atoms with Gasteiger partial charge in [0.25, 0.3) is 0 Å². The number of methoxy groups -OCH3 is 1. The molecule has 0 bridgehead atoms. The van der Waals surface area contributed by atoms with Crippen molar-refractivity contribution in [1.82, 2.24) is 0 Å². The van der Waals surface area contributed by atoms with Crippen molar-refractivity contribution in [1.29, 1.82) is 0 Å². The van der Waals surface area contributed by atoms with Crippen LogP contribution in [-0.4, -0.2) is 19.8 Å². The molecule has 2 aromatic rings. The largest absolute Gasteiger partial charge is 0.495 e. The molecule has 1 atom stereocenters. The highest BCUT2D eigenvalue weighted by Gasteiger charge is 2.22. The molecule has 0 radical (unpaired) electrons. The number of hydrogen-bond donors (Lipinski definition) is 1. The van der Waals surface area contributed by atoms with Crippen LogP contribution in [0.25, 0.3) is 0 Å². The first-order valence-electron chi connectivity index (χ1n) is 6.68. The third kappa shape index (κ3) is 3.20. The van der Waals surface area contributed by atoms with Crippen LogP contribution in [0.1, 0.15) is 5.56 Å². The van der Waals surface area contributed by atoms with E-state index in [0.29, 0.717) is 17.3 Å². The number of benzene rings is 2. The second kappa shape index (κ2) is 6.04. The lowest BCUT2D eigenvalue weighted by Gasteiger charge is -2.14. The van der Waals surface area contributed by atoms with Gasteiger partial charge in [-0.2, -0.15) is 0 Å². The predicted octanol–water partition coefficient (Wildman–Crippen LogP) is 4.42. The van der Waals surface area contributed by atoms with E-state index < -0.39 is 0 Å². The first-order valence-corrected chi connectivity index (χ1v) is 7.44. The zero-order valence-corrected chi connectivity index (χ0v) is 13.0. The summed E-state index contributed by atoms with van der Waals surface area (Å²) in [5.41, 5.74) is 2.11.